The molecule has 29 heavy (non-hydrogen) atoms. The maximum absolute atomic E-state index is 12.1. The predicted molar refractivity (Wildman–Crippen MR) is 112 cm³/mol. The first-order valence-corrected chi connectivity index (χ1v) is 11.2. The van der Waals surface area contributed by atoms with E-state index in [1.807, 2.05) is 17.1 Å². The number of piperidine rings is 1. The van der Waals surface area contributed by atoms with Gasteiger partial charge in [-0.1, -0.05) is 18.6 Å². The van der Waals surface area contributed by atoms with Crippen LogP contribution in [0.3, 0.4) is 0 Å². The Labute approximate surface area is 173 Å². The molecule has 1 atom stereocenters. The Balaban J connectivity index is 1.26. The summed E-state index contributed by atoms with van der Waals surface area (Å²) in [6.45, 7) is 8.65. The second kappa shape index (κ2) is 10.4. The number of amides is 1. The fourth-order valence-corrected chi connectivity index (χ4v) is 4.62. The first-order valence-electron chi connectivity index (χ1n) is 11.2. The molecule has 0 aromatic heterocycles. The van der Waals surface area contributed by atoms with Crippen molar-refractivity contribution in [3.63, 3.8) is 0 Å². The Morgan fingerprint density at radius 3 is 2.48 bits per heavy atom. The molecule has 1 unspecified atom stereocenters. The van der Waals surface area contributed by atoms with Crippen LogP contribution in [0.2, 0.25) is 0 Å². The minimum atomic E-state index is -0.441. The van der Waals surface area contributed by atoms with E-state index in [4.69, 9.17) is 9.47 Å². The number of hydrogen-bond donors (Lipinski definition) is 1. The van der Waals surface area contributed by atoms with E-state index in [2.05, 4.69) is 27.4 Å². The molecule has 0 spiro atoms. The van der Waals surface area contributed by atoms with Crippen LogP contribution in [-0.4, -0.2) is 79.9 Å². The molecule has 0 radical (unpaired) electrons. The van der Waals surface area contributed by atoms with E-state index in [9.17, 15) is 4.79 Å². The summed E-state index contributed by atoms with van der Waals surface area (Å²) in [5.74, 6) is 0.581. The molecule has 3 saturated heterocycles. The van der Waals surface area contributed by atoms with Gasteiger partial charge in [0.2, 0.25) is 0 Å². The monoisotopic (exact) mass is 402 g/mol. The van der Waals surface area contributed by atoms with Gasteiger partial charge in [-0.05, 0) is 63.0 Å². The van der Waals surface area contributed by atoms with Crippen molar-refractivity contribution in [3.05, 3.63) is 29.8 Å². The lowest BCUT2D eigenvalue weighted by molar-refractivity contribution is 0.0153. The number of hydrogen-bond acceptors (Lipinski definition) is 6. The molecule has 1 aromatic rings. The first kappa shape index (κ1) is 20.6. The van der Waals surface area contributed by atoms with Crippen molar-refractivity contribution in [1.82, 2.24) is 20.2 Å². The summed E-state index contributed by atoms with van der Waals surface area (Å²) >= 11 is 0. The Hall–Kier alpha value is -1.67. The second-order valence-corrected chi connectivity index (χ2v) is 8.27. The smallest absolute Gasteiger partial charge is 0.409 e. The van der Waals surface area contributed by atoms with E-state index in [0.717, 1.165) is 6.54 Å². The number of nitrogens with zero attached hydrogens (tertiary/aromatic N) is 3. The normalized spacial score (nSPS) is 24.5. The van der Waals surface area contributed by atoms with Crippen LogP contribution in [0.1, 0.15) is 43.7 Å². The highest BCUT2D eigenvalue weighted by molar-refractivity contribution is 5.69. The molecule has 1 amide bonds. The molecule has 7 nitrogen and oxygen atoms in total. The van der Waals surface area contributed by atoms with Gasteiger partial charge in [-0.2, -0.15) is 0 Å². The molecule has 3 aliphatic rings. The summed E-state index contributed by atoms with van der Waals surface area (Å²) in [6, 6.07) is 8.53. The Morgan fingerprint density at radius 2 is 1.72 bits per heavy atom. The van der Waals surface area contributed by atoms with Gasteiger partial charge in [0.05, 0.1) is 13.2 Å². The van der Waals surface area contributed by atoms with Crippen molar-refractivity contribution in [1.29, 1.82) is 0 Å². The summed E-state index contributed by atoms with van der Waals surface area (Å²) in [6.07, 6.45) is 6.11. The minimum Gasteiger partial charge on any atom is -0.409 e. The third-order valence-electron chi connectivity index (χ3n) is 6.25. The van der Waals surface area contributed by atoms with Crippen LogP contribution in [0.15, 0.2) is 24.3 Å². The molecular weight excluding hydrogens is 368 g/mol. The third-order valence-corrected chi connectivity index (χ3v) is 6.25. The van der Waals surface area contributed by atoms with Crippen LogP contribution in [0.25, 0.3) is 0 Å². The zero-order valence-electron chi connectivity index (χ0n) is 17.4. The highest BCUT2D eigenvalue weighted by Crippen LogP contribution is 2.32. The van der Waals surface area contributed by atoms with Crippen molar-refractivity contribution >= 4 is 6.09 Å². The van der Waals surface area contributed by atoms with E-state index in [0.29, 0.717) is 38.1 Å². The number of likely N-dealkylation sites (tertiary alicyclic amines) is 2. The first-order chi connectivity index (χ1) is 14.3. The Kier molecular flexibility index (Phi) is 7.38. The summed E-state index contributed by atoms with van der Waals surface area (Å²) in [5, 5.41) is 1.83. The maximum Gasteiger partial charge on any atom is 0.427 e. The molecular formula is C22H34N4O3. The summed E-state index contributed by atoms with van der Waals surface area (Å²) in [5.41, 5.74) is 4.09. The molecule has 1 aromatic carbocycles. The minimum absolute atomic E-state index is 0.441. The van der Waals surface area contributed by atoms with Gasteiger partial charge in [0.15, 0.2) is 0 Å². The number of hydrazine groups is 1. The molecule has 3 heterocycles. The van der Waals surface area contributed by atoms with E-state index in [1.165, 1.54) is 63.8 Å². The summed E-state index contributed by atoms with van der Waals surface area (Å²) in [4.78, 5) is 17.3. The van der Waals surface area contributed by atoms with Gasteiger partial charge in [0.1, 0.15) is 5.75 Å². The molecule has 4 rings (SSSR count). The highest BCUT2D eigenvalue weighted by Gasteiger charge is 2.26. The standard InChI is InChI=1S/C22H34N4O3/c27-22(23-26-15-17-28-18-16-26)29-20-8-6-19(7-9-20)21-5-4-12-25(21)14-13-24-10-2-1-3-11-24/h6-9,21H,1-5,10-18H2,(H,23,27). The number of morpholine rings is 1. The van der Waals surface area contributed by atoms with E-state index in [1.54, 1.807) is 0 Å². The van der Waals surface area contributed by atoms with Gasteiger partial charge in [-0.15, -0.1) is 0 Å². The van der Waals surface area contributed by atoms with Crippen molar-refractivity contribution in [2.45, 2.75) is 38.1 Å². The maximum atomic E-state index is 12.1. The zero-order chi connectivity index (χ0) is 19.9. The number of nitrogens with one attached hydrogen (secondary N) is 1. The largest absolute Gasteiger partial charge is 0.427 e. The quantitative estimate of drug-likeness (QED) is 0.790. The molecule has 1 N–H and O–H groups in total. The SMILES string of the molecule is O=C(NN1CCOCC1)Oc1ccc(C2CCCN2CCN2CCCCC2)cc1. The number of ether oxygens (including phenoxy) is 2. The lowest BCUT2D eigenvalue weighted by Gasteiger charge is -2.31. The molecule has 0 aliphatic carbocycles. The molecule has 3 fully saturated rings. The number of rotatable bonds is 6. The number of benzene rings is 1. The summed E-state index contributed by atoms with van der Waals surface area (Å²) < 4.78 is 10.7. The average Bonchev–Trinajstić information content (AvgIpc) is 3.23. The third kappa shape index (κ3) is 5.92. The Bertz CT molecular complexity index is 642. The lowest BCUT2D eigenvalue weighted by atomic mass is 10.0. The van der Waals surface area contributed by atoms with Gasteiger partial charge in [0, 0.05) is 32.2 Å². The number of carbonyl (C=O) groups excluding carboxylic acids is 1. The number of carbonyl (C=O) groups is 1. The van der Waals surface area contributed by atoms with Gasteiger partial charge >= 0.3 is 6.09 Å². The molecule has 7 heteroatoms. The van der Waals surface area contributed by atoms with Crippen molar-refractivity contribution in [2.75, 3.05) is 59.0 Å². The van der Waals surface area contributed by atoms with Gasteiger partial charge in [-0.3, -0.25) is 10.3 Å². The van der Waals surface area contributed by atoms with Crippen molar-refractivity contribution < 1.29 is 14.3 Å². The topological polar surface area (TPSA) is 57.3 Å². The van der Waals surface area contributed by atoms with Crippen LogP contribution in [-0.2, 0) is 4.74 Å². The molecule has 3 aliphatic heterocycles. The second-order valence-electron chi connectivity index (χ2n) is 8.27. The fraction of sp³-hybridized carbons (Fsp3) is 0.682. The van der Waals surface area contributed by atoms with Crippen molar-refractivity contribution in [3.8, 4) is 5.75 Å². The van der Waals surface area contributed by atoms with E-state index >= 15 is 0 Å². The fourth-order valence-electron chi connectivity index (χ4n) is 4.62. The average molecular weight is 403 g/mol. The van der Waals surface area contributed by atoms with Gasteiger partial charge in [0.25, 0.3) is 0 Å². The predicted octanol–water partition coefficient (Wildman–Crippen LogP) is 2.65. The molecule has 0 bridgehead atoms. The van der Waals surface area contributed by atoms with Crippen LogP contribution >= 0.6 is 0 Å². The van der Waals surface area contributed by atoms with Gasteiger partial charge < -0.3 is 14.4 Å². The summed E-state index contributed by atoms with van der Waals surface area (Å²) in [7, 11) is 0. The molecule has 0 saturated carbocycles. The highest BCUT2D eigenvalue weighted by atomic mass is 16.6. The van der Waals surface area contributed by atoms with E-state index < -0.39 is 6.09 Å². The lowest BCUT2D eigenvalue weighted by Crippen LogP contribution is -2.49. The molecule has 160 valence electrons. The van der Waals surface area contributed by atoms with Crippen LogP contribution in [0, 0.1) is 0 Å². The van der Waals surface area contributed by atoms with Crippen LogP contribution < -0.4 is 10.2 Å². The Morgan fingerprint density at radius 1 is 0.966 bits per heavy atom. The zero-order valence-corrected chi connectivity index (χ0v) is 17.4. The van der Waals surface area contributed by atoms with Crippen molar-refractivity contribution in [2.24, 2.45) is 0 Å². The van der Waals surface area contributed by atoms with Crippen LogP contribution in [0.4, 0.5) is 4.79 Å². The van der Waals surface area contributed by atoms with Crippen LogP contribution in [0.5, 0.6) is 5.75 Å². The van der Waals surface area contributed by atoms with E-state index in [-0.39, 0.29) is 0 Å². The van der Waals surface area contributed by atoms with Gasteiger partial charge in [-0.25, -0.2) is 9.80 Å².